The summed E-state index contributed by atoms with van der Waals surface area (Å²) in [4.78, 5) is 13.6. The van der Waals surface area contributed by atoms with Crippen LogP contribution in [0, 0.1) is 0 Å². The highest BCUT2D eigenvalue weighted by Gasteiger charge is 2.12. The molecule has 0 radical (unpaired) electrons. The van der Waals surface area contributed by atoms with Crippen molar-refractivity contribution in [2.75, 3.05) is 13.2 Å². The van der Waals surface area contributed by atoms with Crippen molar-refractivity contribution in [2.45, 2.75) is 38.6 Å². The summed E-state index contributed by atoms with van der Waals surface area (Å²) in [5.41, 5.74) is 18.1. The van der Waals surface area contributed by atoms with E-state index in [2.05, 4.69) is 23.0 Å². The topological polar surface area (TPSA) is 121 Å². The van der Waals surface area contributed by atoms with Crippen LogP contribution >= 0.6 is 0 Å². The molecule has 0 heterocycles. The number of aryl methyl sites for hydroxylation is 1. The molecule has 0 amide bonds. The number of hydrogen-bond donors (Lipinski definition) is 2. The van der Waals surface area contributed by atoms with Crippen LogP contribution in [-0.4, -0.2) is 30.3 Å². The Labute approximate surface area is 164 Å². The third-order valence-corrected chi connectivity index (χ3v) is 4.48. The van der Waals surface area contributed by atoms with Crippen LogP contribution in [0.3, 0.4) is 0 Å². The first-order chi connectivity index (χ1) is 13.5. The zero-order valence-electron chi connectivity index (χ0n) is 16.0. The van der Waals surface area contributed by atoms with Crippen molar-refractivity contribution >= 4 is 5.97 Å². The van der Waals surface area contributed by atoms with Crippen molar-refractivity contribution in [1.82, 2.24) is 0 Å². The molecule has 2 aromatic carbocycles. The van der Waals surface area contributed by atoms with Crippen LogP contribution in [0.5, 0.6) is 5.75 Å². The Morgan fingerprint density at radius 1 is 1.25 bits per heavy atom. The number of benzene rings is 2. The van der Waals surface area contributed by atoms with Crippen molar-refractivity contribution in [3.8, 4) is 16.9 Å². The number of nitrogens with zero attached hydrogens (tertiary/aromatic N) is 3. The third-order valence-electron chi connectivity index (χ3n) is 4.48. The fourth-order valence-corrected chi connectivity index (χ4v) is 2.91. The predicted octanol–water partition coefficient (Wildman–Crippen LogP) is 4.34. The number of carboxylic acids is 1. The zero-order chi connectivity index (χ0) is 20.4. The first-order valence-electron chi connectivity index (χ1n) is 9.39. The van der Waals surface area contributed by atoms with Crippen molar-refractivity contribution < 1.29 is 14.6 Å². The van der Waals surface area contributed by atoms with Gasteiger partial charge in [0.1, 0.15) is 11.8 Å². The highest BCUT2D eigenvalue weighted by Crippen LogP contribution is 2.28. The number of carbonyl (C=O) groups is 1. The maximum Gasteiger partial charge on any atom is 0.320 e. The molecule has 7 nitrogen and oxygen atoms in total. The minimum Gasteiger partial charge on any atom is -0.494 e. The second-order valence-electron chi connectivity index (χ2n) is 6.53. The van der Waals surface area contributed by atoms with Gasteiger partial charge in [0.05, 0.1) is 6.61 Å². The Morgan fingerprint density at radius 2 is 2.00 bits per heavy atom. The molecule has 0 saturated heterocycles. The number of rotatable bonds is 11. The molecular weight excluding hydrogens is 356 g/mol. The molecule has 0 unspecified atom stereocenters. The average molecular weight is 382 g/mol. The highest BCUT2D eigenvalue weighted by atomic mass is 16.5. The number of azide groups is 1. The molecule has 148 valence electrons. The van der Waals surface area contributed by atoms with E-state index in [1.54, 1.807) is 0 Å². The number of hydrogen-bond acceptors (Lipinski definition) is 4. The molecule has 1 atom stereocenters. The Balaban J connectivity index is 2.03. The maximum atomic E-state index is 10.9. The van der Waals surface area contributed by atoms with Crippen LogP contribution in [0.4, 0.5) is 0 Å². The van der Waals surface area contributed by atoms with E-state index in [4.69, 9.17) is 21.1 Å². The van der Waals surface area contributed by atoms with Crippen molar-refractivity contribution in [3.05, 3.63) is 64.0 Å². The van der Waals surface area contributed by atoms with E-state index in [-0.39, 0.29) is 0 Å². The Morgan fingerprint density at radius 3 is 2.64 bits per heavy atom. The normalized spacial score (nSPS) is 11.5. The van der Waals surface area contributed by atoms with Gasteiger partial charge in [0, 0.05) is 11.5 Å². The van der Waals surface area contributed by atoms with Gasteiger partial charge in [-0.05, 0) is 65.6 Å². The van der Waals surface area contributed by atoms with Crippen LogP contribution in [0.15, 0.2) is 47.6 Å². The highest BCUT2D eigenvalue weighted by molar-refractivity contribution is 5.74. The van der Waals surface area contributed by atoms with Gasteiger partial charge in [-0.3, -0.25) is 4.79 Å². The molecule has 28 heavy (non-hydrogen) atoms. The van der Waals surface area contributed by atoms with E-state index in [1.165, 1.54) is 5.56 Å². The molecular formula is C21H26N4O3. The predicted molar refractivity (Wildman–Crippen MR) is 109 cm³/mol. The SMILES string of the molecule is CCc1cc(OCCCCN=[N+]=[N-])ccc1-c1ccc(C[C@H](N)C(=O)O)cc1. The third kappa shape index (κ3) is 6.30. The molecule has 2 aromatic rings. The molecule has 0 bridgehead atoms. The van der Waals surface area contributed by atoms with E-state index >= 15 is 0 Å². The van der Waals surface area contributed by atoms with Crippen LogP contribution in [0.2, 0.25) is 0 Å². The van der Waals surface area contributed by atoms with Gasteiger partial charge >= 0.3 is 5.97 Å². The second kappa shape index (κ2) is 11.0. The maximum absolute atomic E-state index is 10.9. The van der Waals surface area contributed by atoms with Gasteiger partial charge in [-0.2, -0.15) is 0 Å². The summed E-state index contributed by atoms with van der Waals surface area (Å²) < 4.78 is 5.80. The van der Waals surface area contributed by atoms with Crippen LogP contribution in [0.25, 0.3) is 21.6 Å². The Bertz CT molecular complexity index is 830. The molecule has 0 aliphatic heterocycles. The zero-order valence-corrected chi connectivity index (χ0v) is 16.0. The second-order valence-corrected chi connectivity index (χ2v) is 6.53. The summed E-state index contributed by atoms with van der Waals surface area (Å²) in [6, 6.07) is 13.0. The first kappa shape index (κ1) is 21.3. The summed E-state index contributed by atoms with van der Waals surface area (Å²) in [6.07, 6.45) is 2.82. The summed E-state index contributed by atoms with van der Waals surface area (Å²) in [7, 11) is 0. The molecule has 0 aliphatic rings. The molecule has 7 heteroatoms. The fourth-order valence-electron chi connectivity index (χ4n) is 2.91. The lowest BCUT2D eigenvalue weighted by Crippen LogP contribution is -2.32. The summed E-state index contributed by atoms with van der Waals surface area (Å²) in [6.45, 7) is 3.18. The lowest BCUT2D eigenvalue weighted by Gasteiger charge is -2.13. The molecule has 0 spiro atoms. The molecule has 0 fully saturated rings. The lowest BCUT2D eigenvalue weighted by molar-refractivity contribution is -0.138. The van der Waals surface area contributed by atoms with Crippen molar-refractivity contribution in [1.29, 1.82) is 0 Å². The van der Waals surface area contributed by atoms with E-state index in [9.17, 15) is 4.79 Å². The lowest BCUT2D eigenvalue weighted by atomic mass is 9.96. The van der Waals surface area contributed by atoms with Crippen LogP contribution in [0.1, 0.15) is 30.9 Å². The quantitative estimate of drug-likeness (QED) is 0.260. The van der Waals surface area contributed by atoms with E-state index in [0.717, 1.165) is 41.7 Å². The summed E-state index contributed by atoms with van der Waals surface area (Å²) in [5, 5.41) is 12.4. The van der Waals surface area contributed by atoms with Crippen LogP contribution in [-0.2, 0) is 17.6 Å². The van der Waals surface area contributed by atoms with Crippen LogP contribution < -0.4 is 10.5 Å². The van der Waals surface area contributed by atoms with Gasteiger partial charge in [0.25, 0.3) is 0 Å². The molecule has 0 aliphatic carbocycles. The number of ether oxygens (including phenoxy) is 1. The standard InChI is InChI=1S/C21H26N4O3/c1-2-16-14-18(28-12-4-3-11-24-25-23)9-10-19(16)17-7-5-15(6-8-17)13-20(22)21(26)27/h5-10,14,20H,2-4,11-13,22H2,1H3,(H,26,27)/t20-/m0/s1. The largest absolute Gasteiger partial charge is 0.494 e. The van der Waals surface area contributed by atoms with Crippen molar-refractivity contribution in [2.24, 2.45) is 10.8 Å². The monoisotopic (exact) mass is 382 g/mol. The number of nitrogens with two attached hydrogens (primary N) is 1. The molecule has 2 rings (SSSR count). The summed E-state index contributed by atoms with van der Waals surface area (Å²) in [5.74, 6) is -0.167. The minimum atomic E-state index is -0.995. The van der Waals surface area contributed by atoms with Gasteiger partial charge < -0.3 is 15.6 Å². The molecule has 0 saturated carbocycles. The van der Waals surface area contributed by atoms with E-state index in [1.807, 2.05) is 36.4 Å². The van der Waals surface area contributed by atoms with E-state index < -0.39 is 12.0 Å². The van der Waals surface area contributed by atoms with Gasteiger partial charge in [-0.1, -0.05) is 42.4 Å². The van der Waals surface area contributed by atoms with Gasteiger partial charge in [-0.15, -0.1) is 0 Å². The number of aliphatic carboxylic acids is 1. The first-order valence-corrected chi connectivity index (χ1v) is 9.39. The number of carboxylic acid groups (broad SMARTS) is 1. The average Bonchev–Trinajstić information content (AvgIpc) is 2.71. The fraction of sp³-hybridized carbons (Fsp3) is 0.381. The Hall–Kier alpha value is -3.02. The number of unbranched alkanes of at least 4 members (excludes halogenated alkanes) is 1. The van der Waals surface area contributed by atoms with E-state index in [0.29, 0.717) is 19.6 Å². The van der Waals surface area contributed by atoms with Gasteiger partial charge in [0.15, 0.2) is 0 Å². The van der Waals surface area contributed by atoms with Crippen molar-refractivity contribution in [3.63, 3.8) is 0 Å². The molecule has 0 aromatic heterocycles. The summed E-state index contributed by atoms with van der Waals surface area (Å²) >= 11 is 0. The Kier molecular flexibility index (Phi) is 8.34. The van der Waals surface area contributed by atoms with Gasteiger partial charge in [-0.25, -0.2) is 0 Å². The minimum absolute atomic E-state index is 0.308. The molecule has 3 N–H and O–H groups in total. The van der Waals surface area contributed by atoms with Gasteiger partial charge in [0.2, 0.25) is 0 Å². The smallest absolute Gasteiger partial charge is 0.320 e.